The second kappa shape index (κ2) is 5.72. The van der Waals surface area contributed by atoms with Gasteiger partial charge in [0.2, 0.25) is 6.33 Å². The minimum absolute atomic E-state index is 0.594. The highest BCUT2D eigenvalue weighted by molar-refractivity contribution is 4.64. The molecule has 13 heavy (non-hydrogen) atoms. The van der Waals surface area contributed by atoms with Gasteiger partial charge in [-0.1, -0.05) is 0 Å². The second-order valence-corrected chi connectivity index (χ2v) is 2.79. The second-order valence-electron chi connectivity index (χ2n) is 2.79. The summed E-state index contributed by atoms with van der Waals surface area (Å²) >= 11 is 0. The van der Waals surface area contributed by atoms with Crippen molar-refractivity contribution < 1.29 is 14.0 Å². The van der Waals surface area contributed by atoms with Gasteiger partial charge in [-0.3, -0.25) is 0 Å². The minimum Gasteiger partial charge on any atom is -0.382 e. The van der Waals surface area contributed by atoms with Crippen LogP contribution in [-0.4, -0.2) is 24.9 Å². The van der Waals surface area contributed by atoms with E-state index in [0.717, 1.165) is 6.54 Å². The third-order valence-corrected chi connectivity index (χ3v) is 1.78. The maximum atomic E-state index is 5.34. The first-order chi connectivity index (χ1) is 6.36. The van der Waals surface area contributed by atoms with Crippen molar-refractivity contribution in [3.63, 3.8) is 0 Å². The average Bonchev–Trinajstić information content (AvgIpc) is 2.60. The van der Waals surface area contributed by atoms with Crippen molar-refractivity contribution >= 4 is 0 Å². The normalized spacial score (nSPS) is 10.6. The van der Waals surface area contributed by atoms with Gasteiger partial charge in [0.1, 0.15) is 12.4 Å². The number of hydrogen-bond donors (Lipinski definition) is 0. The molecule has 4 heteroatoms. The maximum absolute atomic E-state index is 5.34. The molecule has 0 fully saturated rings. The molecule has 0 aliphatic carbocycles. The molecular formula is C9H17N2O2+. The van der Waals surface area contributed by atoms with Gasteiger partial charge in [0, 0.05) is 7.11 Å². The predicted octanol–water partition coefficient (Wildman–Crippen LogP) is 0.416. The summed E-state index contributed by atoms with van der Waals surface area (Å²) in [7, 11) is 1.67. The smallest absolute Gasteiger partial charge is 0.245 e. The fourth-order valence-electron chi connectivity index (χ4n) is 1.01. The van der Waals surface area contributed by atoms with Gasteiger partial charge in [0.15, 0.2) is 6.73 Å². The van der Waals surface area contributed by atoms with E-state index in [4.69, 9.17) is 9.47 Å². The zero-order chi connectivity index (χ0) is 9.52. The first-order valence-electron chi connectivity index (χ1n) is 4.48. The van der Waals surface area contributed by atoms with Crippen molar-refractivity contribution in [3.8, 4) is 0 Å². The van der Waals surface area contributed by atoms with E-state index in [1.807, 2.05) is 23.3 Å². The van der Waals surface area contributed by atoms with Crippen molar-refractivity contribution in [1.82, 2.24) is 4.57 Å². The topological polar surface area (TPSA) is 27.3 Å². The molecule has 0 aromatic carbocycles. The van der Waals surface area contributed by atoms with Crippen LogP contribution in [0.15, 0.2) is 18.7 Å². The van der Waals surface area contributed by atoms with Gasteiger partial charge in [0.25, 0.3) is 0 Å². The van der Waals surface area contributed by atoms with E-state index in [2.05, 4.69) is 11.5 Å². The summed E-state index contributed by atoms with van der Waals surface area (Å²) in [4.78, 5) is 0. The molecule has 0 aliphatic heterocycles. The van der Waals surface area contributed by atoms with Crippen LogP contribution >= 0.6 is 0 Å². The summed E-state index contributed by atoms with van der Waals surface area (Å²) in [6.45, 7) is 4.98. The van der Waals surface area contributed by atoms with Gasteiger partial charge in [-0.25, -0.2) is 9.13 Å². The van der Waals surface area contributed by atoms with E-state index in [1.165, 1.54) is 0 Å². The van der Waals surface area contributed by atoms with Crippen LogP contribution in [0.5, 0.6) is 0 Å². The van der Waals surface area contributed by atoms with E-state index in [1.54, 1.807) is 7.11 Å². The molecule has 0 atom stereocenters. The fourth-order valence-corrected chi connectivity index (χ4v) is 1.01. The van der Waals surface area contributed by atoms with Crippen LogP contribution < -0.4 is 4.57 Å². The third-order valence-electron chi connectivity index (χ3n) is 1.78. The maximum Gasteiger partial charge on any atom is 0.245 e. The molecule has 0 amide bonds. The van der Waals surface area contributed by atoms with Crippen LogP contribution in [0.2, 0.25) is 0 Å². The number of ether oxygens (including phenoxy) is 2. The molecular weight excluding hydrogens is 168 g/mol. The minimum atomic E-state index is 0.594. The standard InChI is InChI=1S/C9H17N2O2/c1-3-10-4-5-11(8-10)9-13-7-6-12-2/h4-5,8H,3,6-7,9H2,1-2H3/q+1. The highest BCUT2D eigenvalue weighted by Gasteiger charge is 2.00. The number of aryl methyl sites for hydroxylation is 1. The Labute approximate surface area is 78.7 Å². The van der Waals surface area contributed by atoms with Gasteiger partial charge in [-0.15, -0.1) is 0 Å². The van der Waals surface area contributed by atoms with E-state index >= 15 is 0 Å². The summed E-state index contributed by atoms with van der Waals surface area (Å²) in [6.07, 6.45) is 6.04. The molecule has 0 saturated heterocycles. The molecule has 0 N–H and O–H groups in total. The molecule has 0 aliphatic rings. The molecule has 74 valence electrons. The Balaban J connectivity index is 2.20. The molecule has 0 radical (unpaired) electrons. The summed E-state index contributed by atoms with van der Waals surface area (Å²) < 4.78 is 14.3. The van der Waals surface area contributed by atoms with Crippen molar-refractivity contribution in [2.24, 2.45) is 0 Å². The van der Waals surface area contributed by atoms with E-state index < -0.39 is 0 Å². The summed E-state index contributed by atoms with van der Waals surface area (Å²) in [6, 6.07) is 0. The summed E-state index contributed by atoms with van der Waals surface area (Å²) in [5.74, 6) is 0. The first kappa shape index (κ1) is 10.2. The Kier molecular flexibility index (Phi) is 4.49. The number of nitrogens with zero attached hydrogens (tertiary/aromatic N) is 2. The van der Waals surface area contributed by atoms with Gasteiger partial charge < -0.3 is 9.47 Å². The highest BCUT2D eigenvalue weighted by atomic mass is 16.5. The molecule has 1 heterocycles. The van der Waals surface area contributed by atoms with Crippen LogP contribution in [0, 0.1) is 0 Å². The lowest BCUT2D eigenvalue weighted by Gasteiger charge is -1.99. The predicted molar refractivity (Wildman–Crippen MR) is 48.1 cm³/mol. The lowest BCUT2D eigenvalue weighted by Crippen LogP contribution is -2.33. The number of hydrogen-bond acceptors (Lipinski definition) is 2. The van der Waals surface area contributed by atoms with Gasteiger partial charge in [-0.05, 0) is 6.92 Å². The van der Waals surface area contributed by atoms with Crippen LogP contribution in [-0.2, 0) is 22.7 Å². The van der Waals surface area contributed by atoms with Crippen LogP contribution in [0.25, 0.3) is 0 Å². The zero-order valence-electron chi connectivity index (χ0n) is 8.27. The Bertz CT molecular complexity index is 235. The molecule has 0 spiro atoms. The van der Waals surface area contributed by atoms with Crippen LogP contribution in [0.1, 0.15) is 6.92 Å². The SMILES string of the molecule is CCn1cc[n+](COCCOC)c1. The average molecular weight is 185 g/mol. The van der Waals surface area contributed by atoms with Crippen molar-refractivity contribution in [3.05, 3.63) is 18.7 Å². The number of imidazole rings is 1. The monoisotopic (exact) mass is 185 g/mol. The van der Waals surface area contributed by atoms with E-state index in [9.17, 15) is 0 Å². The third kappa shape index (κ3) is 3.57. The van der Waals surface area contributed by atoms with Crippen LogP contribution in [0.4, 0.5) is 0 Å². The van der Waals surface area contributed by atoms with E-state index in [0.29, 0.717) is 19.9 Å². The highest BCUT2D eigenvalue weighted by Crippen LogP contribution is 1.83. The van der Waals surface area contributed by atoms with Gasteiger partial charge in [-0.2, -0.15) is 0 Å². The molecule has 4 nitrogen and oxygen atoms in total. The lowest BCUT2D eigenvalue weighted by atomic mass is 10.7. The first-order valence-corrected chi connectivity index (χ1v) is 4.48. The van der Waals surface area contributed by atoms with Crippen molar-refractivity contribution in [2.75, 3.05) is 20.3 Å². The van der Waals surface area contributed by atoms with Crippen LogP contribution in [0.3, 0.4) is 0 Å². The Morgan fingerprint density at radius 1 is 1.38 bits per heavy atom. The lowest BCUT2D eigenvalue weighted by molar-refractivity contribution is -0.732. The Morgan fingerprint density at radius 2 is 2.23 bits per heavy atom. The van der Waals surface area contributed by atoms with Crippen molar-refractivity contribution in [1.29, 1.82) is 0 Å². The molecule has 1 rings (SSSR count). The quantitative estimate of drug-likeness (QED) is 0.474. The summed E-state index contributed by atoms with van der Waals surface area (Å²) in [5.41, 5.74) is 0. The van der Waals surface area contributed by atoms with Gasteiger partial charge in [0.05, 0.1) is 19.8 Å². The molecule has 1 aromatic heterocycles. The molecule has 0 bridgehead atoms. The molecule has 0 unspecified atom stereocenters. The fraction of sp³-hybridized carbons (Fsp3) is 0.667. The molecule has 1 aromatic rings. The Hall–Kier alpha value is -0.870. The van der Waals surface area contributed by atoms with Crippen molar-refractivity contribution in [2.45, 2.75) is 20.2 Å². The number of rotatable bonds is 6. The largest absolute Gasteiger partial charge is 0.382 e. The zero-order valence-corrected chi connectivity index (χ0v) is 8.27. The van der Waals surface area contributed by atoms with E-state index in [-0.39, 0.29) is 0 Å². The number of aromatic nitrogens is 2. The van der Waals surface area contributed by atoms with Gasteiger partial charge >= 0.3 is 0 Å². The summed E-state index contributed by atoms with van der Waals surface area (Å²) in [5, 5.41) is 0. The molecule has 0 saturated carbocycles. The number of methoxy groups -OCH3 is 1. The Morgan fingerprint density at radius 3 is 2.85 bits per heavy atom.